The molecule has 28 heavy (non-hydrogen) atoms. The van der Waals surface area contributed by atoms with Crippen LogP contribution in [0, 0.1) is 13.8 Å². The van der Waals surface area contributed by atoms with E-state index in [-0.39, 0.29) is 17.2 Å². The quantitative estimate of drug-likeness (QED) is 0.736. The summed E-state index contributed by atoms with van der Waals surface area (Å²) >= 11 is 0. The zero-order chi connectivity index (χ0) is 19.9. The number of nitrogens with zero attached hydrogens (tertiary/aromatic N) is 1. The monoisotopic (exact) mass is 394 g/mol. The summed E-state index contributed by atoms with van der Waals surface area (Å²) in [5, 5.41) is 1.85. The fraction of sp³-hybridized carbons (Fsp3) is 0.227. The number of aryl methyl sites for hydroxylation is 2. The van der Waals surface area contributed by atoms with Crippen molar-refractivity contribution in [2.45, 2.75) is 31.2 Å². The van der Waals surface area contributed by atoms with E-state index in [9.17, 15) is 13.2 Å². The van der Waals surface area contributed by atoms with E-state index in [4.69, 9.17) is 0 Å². The summed E-state index contributed by atoms with van der Waals surface area (Å²) in [6.07, 6.45) is 0.153. The van der Waals surface area contributed by atoms with Gasteiger partial charge in [0.2, 0.25) is 15.9 Å². The lowest BCUT2D eigenvalue weighted by Crippen LogP contribution is -2.37. The van der Waals surface area contributed by atoms with Crippen molar-refractivity contribution < 1.29 is 13.2 Å². The second kappa shape index (κ2) is 7.04. The van der Waals surface area contributed by atoms with Crippen LogP contribution in [0.5, 0.6) is 0 Å². The minimum absolute atomic E-state index is 0.0746. The van der Waals surface area contributed by atoms with Crippen molar-refractivity contribution in [3.8, 4) is 0 Å². The average Bonchev–Trinajstić information content (AvgIpc) is 3.03. The molecule has 1 aliphatic rings. The van der Waals surface area contributed by atoms with Gasteiger partial charge in [-0.3, -0.25) is 4.79 Å². The molecule has 0 bridgehead atoms. The van der Waals surface area contributed by atoms with Crippen LogP contribution < -0.4 is 9.62 Å². The summed E-state index contributed by atoms with van der Waals surface area (Å²) in [5.74, 6) is -0.0746. The number of benzene rings is 3. The molecule has 6 heteroatoms. The molecule has 5 nitrogen and oxygen atoms in total. The topological polar surface area (TPSA) is 66.5 Å². The highest BCUT2D eigenvalue weighted by atomic mass is 32.2. The Labute approximate surface area is 165 Å². The van der Waals surface area contributed by atoms with Crippen molar-refractivity contribution in [1.29, 1.82) is 0 Å². The molecule has 3 aromatic carbocycles. The third kappa shape index (κ3) is 3.53. The minimum Gasteiger partial charge on any atom is -0.311 e. The maximum Gasteiger partial charge on any atom is 0.240 e. The molecule has 3 aromatic rings. The largest absolute Gasteiger partial charge is 0.311 e. The van der Waals surface area contributed by atoms with Crippen molar-refractivity contribution in [1.82, 2.24) is 4.72 Å². The molecule has 1 fully saturated rings. The van der Waals surface area contributed by atoms with Gasteiger partial charge >= 0.3 is 0 Å². The lowest BCUT2D eigenvalue weighted by Gasteiger charge is -2.18. The fourth-order valence-electron chi connectivity index (χ4n) is 3.55. The van der Waals surface area contributed by atoms with Crippen LogP contribution in [0.2, 0.25) is 0 Å². The van der Waals surface area contributed by atoms with Gasteiger partial charge in [-0.2, -0.15) is 0 Å². The van der Waals surface area contributed by atoms with Gasteiger partial charge in [0.1, 0.15) is 0 Å². The van der Waals surface area contributed by atoms with E-state index in [1.807, 2.05) is 56.3 Å². The number of carbonyl (C=O) groups excluding carboxylic acids is 1. The molecule has 1 saturated heterocycles. The molecule has 1 aliphatic heterocycles. The number of rotatable bonds is 4. The Hall–Kier alpha value is -2.70. The van der Waals surface area contributed by atoms with E-state index in [2.05, 4.69) is 4.72 Å². The van der Waals surface area contributed by atoms with Gasteiger partial charge in [-0.25, -0.2) is 13.1 Å². The van der Waals surface area contributed by atoms with Crippen LogP contribution in [0.25, 0.3) is 10.8 Å². The van der Waals surface area contributed by atoms with E-state index < -0.39 is 16.1 Å². The SMILES string of the molecule is Cc1ccc(N2CC(NS(=O)(=O)c3ccc4ccccc4c3)CC2=O)cc1C. The summed E-state index contributed by atoms with van der Waals surface area (Å²) < 4.78 is 28.4. The summed E-state index contributed by atoms with van der Waals surface area (Å²) in [6.45, 7) is 4.35. The molecular weight excluding hydrogens is 372 g/mol. The first-order chi connectivity index (χ1) is 13.3. The van der Waals surface area contributed by atoms with E-state index in [0.717, 1.165) is 27.6 Å². The first kappa shape index (κ1) is 18.7. The Morgan fingerprint density at radius 3 is 2.43 bits per heavy atom. The second-order valence-electron chi connectivity index (χ2n) is 7.30. The Bertz CT molecular complexity index is 1170. The maximum atomic E-state index is 12.8. The van der Waals surface area contributed by atoms with E-state index in [0.29, 0.717) is 6.54 Å². The summed E-state index contributed by atoms with van der Waals surface area (Å²) in [5.41, 5.74) is 3.06. The van der Waals surface area contributed by atoms with Crippen LogP contribution in [-0.2, 0) is 14.8 Å². The van der Waals surface area contributed by atoms with Crippen LogP contribution in [0.4, 0.5) is 5.69 Å². The highest BCUT2D eigenvalue weighted by Crippen LogP contribution is 2.25. The van der Waals surface area contributed by atoms with Gasteiger partial charge < -0.3 is 4.90 Å². The van der Waals surface area contributed by atoms with Gasteiger partial charge in [0.25, 0.3) is 0 Å². The third-order valence-corrected chi connectivity index (χ3v) is 6.80. The summed E-state index contributed by atoms with van der Waals surface area (Å²) in [6, 6.07) is 18.1. The zero-order valence-electron chi connectivity index (χ0n) is 15.8. The number of fused-ring (bicyclic) bond motifs is 1. The van der Waals surface area contributed by atoms with Gasteiger partial charge in [0.15, 0.2) is 0 Å². The fourth-order valence-corrected chi connectivity index (χ4v) is 4.81. The van der Waals surface area contributed by atoms with E-state index >= 15 is 0 Å². The third-order valence-electron chi connectivity index (χ3n) is 5.28. The predicted octanol–water partition coefficient (Wildman–Crippen LogP) is 3.54. The zero-order valence-corrected chi connectivity index (χ0v) is 16.7. The smallest absolute Gasteiger partial charge is 0.240 e. The Morgan fingerprint density at radius 1 is 0.929 bits per heavy atom. The van der Waals surface area contributed by atoms with Crippen molar-refractivity contribution in [3.63, 3.8) is 0 Å². The lowest BCUT2D eigenvalue weighted by molar-refractivity contribution is -0.117. The molecule has 0 saturated carbocycles. The van der Waals surface area contributed by atoms with Crippen molar-refractivity contribution in [3.05, 3.63) is 71.8 Å². The van der Waals surface area contributed by atoms with Crippen LogP contribution in [-0.4, -0.2) is 26.9 Å². The molecule has 0 spiro atoms. The number of hydrogen-bond acceptors (Lipinski definition) is 3. The molecule has 4 rings (SSSR count). The summed E-state index contributed by atoms with van der Waals surface area (Å²) in [7, 11) is -3.71. The molecule has 0 aromatic heterocycles. The van der Waals surface area contributed by atoms with Crippen molar-refractivity contribution in [2.24, 2.45) is 0 Å². The highest BCUT2D eigenvalue weighted by molar-refractivity contribution is 7.89. The molecular formula is C22H22N2O3S. The molecule has 1 atom stereocenters. The Morgan fingerprint density at radius 2 is 1.68 bits per heavy atom. The first-order valence-electron chi connectivity index (χ1n) is 9.22. The Balaban J connectivity index is 1.54. The molecule has 1 heterocycles. The van der Waals surface area contributed by atoms with E-state index in [1.165, 1.54) is 0 Å². The number of anilines is 1. The van der Waals surface area contributed by atoms with Gasteiger partial charge in [-0.05, 0) is 60.0 Å². The Kier molecular flexibility index (Phi) is 4.69. The second-order valence-corrected chi connectivity index (χ2v) is 9.02. The standard InChI is InChI=1S/C22H22N2O3S/c1-15-7-9-20(11-16(15)2)24-14-19(13-22(24)25)23-28(26,27)21-10-8-17-5-3-4-6-18(17)12-21/h3-12,19,23H,13-14H2,1-2H3. The number of nitrogens with one attached hydrogen (secondary N) is 1. The number of sulfonamides is 1. The van der Waals surface area contributed by atoms with Crippen LogP contribution in [0.15, 0.2) is 65.6 Å². The van der Waals surface area contributed by atoms with Crippen LogP contribution >= 0.6 is 0 Å². The van der Waals surface area contributed by atoms with Gasteiger partial charge in [0, 0.05) is 24.7 Å². The number of hydrogen-bond donors (Lipinski definition) is 1. The van der Waals surface area contributed by atoms with Crippen molar-refractivity contribution in [2.75, 3.05) is 11.4 Å². The minimum atomic E-state index is -3.71. The first-order valence-corrected chi connectivity index (χ1v) is 10.7. The van der Waals surface area contributed by atoms with Crippen LogP contribution in [0.1, 0.15) is 17.5 Å². The average molecular weight is 394 g/mol. The van der Waals surface area contributed by atoms with Gasteiger partial charge in [0.05, 0.1) is 4.90 Å². The molecule has 1 unspecified atom stereocenters. The summed E-state index contributed by atoms with van der Waals surface area (Å²) in [4.78, 5) is 14.3. The molecule has 0 radical (unpaired) electrons. The van der Waals surface area contributed by atoms with Gasteiger partial charge in [-0.15, -0.1) is 0 Å². The predicted molar refractivity (Wildman–Crippen MR) is 111 cm³/mol. The molecule has 144 valence electrons. The highest BCUT2D eigenvalue weighted by Gasteiger charge is 2.33. The lowest BCUT2D eigenvalue weighted by atomic mass is 10.1. The number of carbonyl (C=O) groups is 1. The molecule has 1 amide bonds. The molecule has 0 aliphatic carbocycles. The normalized spacial score (nSPS) is 17.4. The van der Waals surface area contributed by atoms with E-state index in [1.54, 1.807) is 23.1 Å². The van der Waals surface area contributed by atoms with Crippen LogP contribution in [0.3, 0.4) is 0 Å². The maximum absolute atomic E-state index is 12.8. The number of amides is 1. The van der Waals surface area contributed by atoms with Gasteiger partial charge in [-0.1, -0.05) is 36.4 Å². The van der Waals surface area contributed by atoms with Crippen molar-refractivity contribution >= 4 is 32.4 Å². The molecule has 1 N–H and O–H groups in total.